The molecule has 1 heterocycles. The number of amides is 1. The smallest absolute Gasteiger partial charge is 0.306 e. The molecule has 1 aliphatic rings. The van der Waals surface area contributed by atoms with Crippen molar-refractivity contribution in [2.24, 2.45) is 0 Å². The van der Waals surface area contributed by atoms with Crippen molar-refractivity contribution in [2.75, 3.05) is 43.1 Å². The molecule has 0 aromatic heterocycles. The lowest BCUT2D eigenvalue weighted by atomic mass is 10.1. The van der Waals surface area contributed by atoms with Gasteiger partial charge < -0.3 is 19.7 Å². The van der Waals surface area contributed by atoms with Crippen LogP contribution in [-0.4, -0.2) is 50.6 Å². The van der Waals surface area contributed by atoms with E-state index in [4.69, 9.17) is 9.47 Å². The Balaban J connectivity index is 1.38. The number of hydrogen-bond donors (Lipinski definition) is 1. The number of carbonyl (C=O) groups is 3. The third-order valence-corrected chi connectivity index (χ3v) is 4.82. The number of rotatable bonds is 8. The number of Topliss-reactive ketones (excluding diaryl/α,β-unsaturated/α-hetero) is 1. The fourth-order valence-electron chi connectivity index (χ4n) is 3.09. The molecule has 0 aliphatic carbocycles. The van der Waals surface area contributed by atoms with Crippen LogP contribution < -0.4 is 10.2 Å². The Morgan fingerprint density at radius 3 is 2.30 bits per heavy atom. The van der Waals surface area contributed by atoms with Crippen LogP contribution in [0.2, 0.25) is 0 Å². The molecule has 0 spiro atoms. The highest BCUT2D eigenvalue weighted by Gasteiger charge is 2.13. The van der Waals surface area contributed by atoms with E-state index in [0.717, 1.165) is 24.3 Å². The highest BCUT2D eigenvalue weighted by molar-refractivity contribution is 5.98. The van der Waals surface area contributed by atoms with E-state index in [1.165, 1.54) is 0 Å². The molecule has 0 atom stereocenters. The van der Waals surface area contributed by atoms with E-state index in [1.807, 2.05) is 43.3 Å². The van der Waals surface area contributed by atoms with Gasteiger partial charge in [-0.15, -0.1) is 0 Å². The summed E-state index contributed by atoms with van der Waals surface area (Å²) in [7, 11) is 0. The summed E-state index contributed by atoms with van der Waals surface area (Å²) < 4.78 is 10.3. The Kier molecular flexibility index (Phi) is 7.57. The van der Waals surface area contributed by atoms with Crippen LogP contribution in [0.25, 0.3) is 0 Å². The molecule has 0 saturated carbocycles. The molecule has 0 unspecified atom stereocenters. The summed E-state index contributed by atoms with van der Waals surface area (Å²) in [5.41, 5.74) is 3.32. The maximum Gasteiger partial charge on any atom is 0.306 e. The largest absolute Gasteiger partial charge is 0.456 e. The van der Waals surface area contributed by atoms with Gasteiger partial charge in [-0.2, -0.15) is 0 Å². The molecule has 2 aromatic rings. The van der Waals surface area contributed by atoms with Gasteiger partial charge in [0.2, 0.25) is 0 Å². The van der Waals surface area contributed by atoms with E-state index >= 15 is 0 Å². The van der Waals surface area contributed by atoms with Crippen LogP contribution >= 0.6 is 0 Å². The molecule has 1 amide bonds. The van der Waals surface area contributed by atoms with Crippen LogP contribution in [0, 0.1) is 6.92 Å². The van der Waals surface area contributed by atoms with Crippen molar-refractivity contribution in [3.63, 3.8) is 0 Å². The summed E-state index contributed by atoms with van der Waals surface area (Å²) in [5, 5.41) is 2.70. The summed E-state index contributed by atoms with van der Waals surface area (Å²) in [6, 6.07) is 14.7. The SMILES string of the molecule is Cc1ccc(C(=O)CCC(=O)OCC(=O)Nc2ccc(N3CCOCC3)cc2)cc1. The lowest BCUT2D eigenvalue weighted by Gasteiger charge is -2.28. The van der Waals surface area contributed by atoms with Gasteiger partial charge in [0.05, 0.1) is 19.6 Å². The second kappa shape index (κ2) is 10.5. The summed E-state index contributed by atoms with van der Waals surface area (Å²) in [6.45, 7) is 4.65. The van der Waals surface area contributed by atoms with Gasteiger partial charge in [-0.25, -0.2) is 0 Å². The number of hydrogen-bond acceptors (Lipinski definition) is 6. The number of ketones is 1. The third kappa shape index (κ3) is 6.42. The van der Waals surface area contributed by atoms with E-state index in [2.05, 4.69) is 10.2 Å². The minimum absolute atomic E-state index is 0.0481. The van der Waals surface area contributed by atoms with Crippen molar-refractivity contribution in [3.8, 4) is 0 Å². The molecule has 1 N–H and O–H groups in total. The van der Waals surface area contributed by atoms with Gasteiger partial charge in [-0.05, 0) is 31.2 Å². The van der Waals surface area contributed by atoms with Gasteiger partial charge >= 0.3 is 5.97 Å². The lowest BCUT2D eigenvalue weighted by molar-refractivity contribution is -0.147. The van der Waals surface area contributed by atoms with Crippen molar-refractivity contribution >= 4 is 29.0 Å². The van der Waals surface area contributed by atoms with E-state index in [-0.39, 0.29) is 25.2 Å². The number of ether oxygens (including phenoxy) is 2. The van der Waals surface area contributed by atoms with Crippen molar-refractivity contribution in [2.45, 2.75) is 19.8 Å². The summed E-state index contributed by atoms with van der Waals surface area (Å²) in [5.74, 6) is -1.13. The number of carbonyl (C=O) groups excluding carboxylic acids is 3. The Bertz CT molecular complexity index is 871. The van der Waals surface area contributed by atoms with Crippen LogP contribution in [0.4, 0.5) is 11.4 Å². The van der Waals surface area contributed by atoms with Gasteiger partial charge in [-0.3, -0.25) is 14.4 Å². The summed E-state index contributed by atoms with van der Waals surface area (Å²) in [4.78, 5) is 38.2. The van der Waals surface area contributed by atoms with Crippen molar-refractivity contribution < 1.29 is 23.9 Å². The average molecular weight is 410 g/mol. The molecule has 7 nitrogen and oxygen atoms in total. The van der Waals surface area contributed by atoms with E-state index < -0.39 is 11.9 Å². The summed E-state index contributed by atoms with van der Waals surface area (Å²) in [6.07, 6.45) is -0.0131. The van der Waals surface area contributed by atoms with Gasteiger partial charge in [-0.1, -0.05) is 29.8 Å². The number of anilines is 2. The highest BCUT2D eigenvalue weighted by Crippen LogP contribution is 2.19. The number of nitrogens with zero attached hydrogens (tertiary/aromatic N) is 1. The van der Waals surface area contributed by atoms with E-state index in [0.29, 0.717) is 24.5 Å². The molecule has 1 saturated heterocycles. The monoisotopic (exact) mass is 410 g/mol. The first-order valence-corrected chi connectivity index (χ1v) is 9.99. The van der Waals surface area contributed by atoms with Gasteiger partial charge in [0.1, 0.15) is 0 Å². The van der Waals surface area contributed by atoms with E-state index in [9.17, 15) is 14.4 Å². The number of benzene rings is 2. The molecule has 2 aromatic carbocycles. The molecule has 0 bridgehead atoms. The zero-order chi connectivity index (χ0) is 21.3. The van der Waals surface area contributed by atoms with Crippen LogP contribution in [0.15, 0.2) is 48.5 Å². The second-order valence-electron chi connectivity index (χ2n) is 7.14. The number of esters is 1. The quantitative estimate of drug-likeness (QED) is 0.532. The van der Waals surface area contributed by atoms with Gasteiger partial charge in [0.15, 0.2) is 12.4 Å². The predicted molar refractivity (Wildman–Crippen MR) is 114 cm³/mol. The third-order valence-electron chi connectivity index (χ3n) is 4.82. The highest BCUT2D eigenvalue weighted by atomic mass is 16.5. The van der Waals surface area contributed by atoms with Crippen LogP contribution in [-0.2, 0) is 19.1 Å². The number of nitrogens with one attached hydrogen (secondary N) is 1. The van der Waals surface area contributed by atoms with Crippen LogP contribution in [0.3, 0.4) is 0 Å². The van der Waals surface area contributed by atoms with Crippen molar-refractivity contribution in [3.05, 3.63) is 59.7 Å². The second-order valence-corrected chi connectivity index (χ2v) is 7.14. The molecular weight excluding hydrogens is 384 g/mol. The first kappa shape index (κ1) is 21.5. The lowest BCUT2D eigenvalue weighted by Crippen LogP contribution is -2.36. The Hall–Kier alpha value is -3.19. The topological polar surface area (TPSA) is 84.9 Å². The van der Waals surface area contributed by atoms with Gasteiger partial charge in [0, 0.05) is 36.4 Å². The Morgan fingerprint density at radius 2 is 1.63 bits per heavy atom. The van der Waals surface area contributed by atoms with Crippen molar-refractivity contribution in [1.82, 2.24) is 0 Å². The molecular formula is C23H26N2O5. The molecule has 3 rings (SSSR count). The number of morpholine rings is 1. The van der Waals surface area contributed by atoms with E-state index in [1.54, 1.807) is 12.1 Å². The molecule has 1 fully saturated rings. The predicted octanol–water partition coefficient (Wildman–Crippen LogP) is 2.98. The fraction of sp³-hybridized carbons (Fsp3) is 0.348. The molecule has 30 heavy (non-hydrogen) atoms. The van der Waals surface area contributed by atoms with Crippen LogP contribution in [0.5, 0.6) is 0 Å². The molecule has 7 heteroatoms. The Labute approximate surface area is 176 Å². The number of aryl methyl sites for hydroxylation is 1. The first-order valence-electron chi connectivity index (χ1n) is 9.99. The maximum absolute atomic E-state index is 12.1. The average Bonchev–Trinajstić information content (AvgIpc) is 2.77. The molecule has 158 valence electrons. The standard InChI is InChI=1S/C23H26N2O5/c1-17-2-4-18(5-3-17)21(26)10-11-23(28)30-16-22(27)24-19-6-8-20(9-7-19)25-12-14-29-15-13-25/h2-9H,10-16H2,1H3,(H,24,27). The molecule has 0 radical (unpaired) electrons. The zero-order valence-corrected chi connectivity index (χ0v) is 17.1. The normalized spacial score (nSPS) is 13.6. The molecule has 1 aliphatic heterocycles. The minimum atomic E-state index is -0.576. The zero-order valence-electron chi connectivity index (χ0n) is 17.1. The van der Waals surface area contributed by atoms with Gasteiger partial charge in [0.25, 0.3) is 5.91 Å². The minimum Gasteiger partial charge on any atom is -0.456 e. The fourth-order valence-corrected chi connectivity index (χ4v) is 3.09. The van der Waals surface area contributed by atoms with Crippen LogP contribution in [0.1, 0.15) is 28.8 Å². The maximum atomic E-state index is 12.1. The Morgan fingerprint density at radius 1 is 0.967 bits per heavy atom. The summed E-state index contributed by atoms with van der Waals surface area (Å²) >= 11 is 0. The van der Waals surface area contributed by atoms with Crippen molar-refractivity contribution in [1.29, 1.82) is 0 Å². The first-order chi connectivity index (χ1) is 14.5.